The molecule has 104 valence electrons. The fourth-order valence-electron chi connectivity index (χ4n) is 1.86. The summed E-state index contributed by atoms with van der Waals surface area (Å²) in [7, 11) is 0. The van der Waals surface area contributed by atoms with Gasteiger partial charge in [-0.1, -0.05) is 0 Å². The second-order valence-electron chi connectivity index (χ2n) is 4.82. The van der Waals surface area contributed by atoms with Crippen molar-refractivity contribution in [2.75, 3.05) is 0 Å². The zero-order chi connectivity index (χ0) is 13.9. The van der Waals surface area contributed by atoms with Gasteiger partial charge in [0, 0.05) is 30.4 Å². The van der Waals surface area contributed by atoms with Crippen LogP contribution in [0.5, 0.6) is 11.5 Å². The minimum absolute atomic E-state index is 0.254. The highest BCUT2D eigenvalue weighted by molar-refractivity contribution is 5.35. The summed E-state index contributed by atoms with van der Waals surface area (Å²) in [6.07, 6.45) is 5.65. The minimum Gasteiger partial charge on any atom is -0.455 e. The molecule has 3 nitrogen and oxygen atoms in total. The van der Waals surface area contributed by atoms with E-state index in [0.717, 1.165) is 17.7 Å². The summed E-state index contributed by atoms with van der Waals surface area (Å²) in [5.74, 6) is -1.01. The van der Waals surface area contributed by atoms with Gasteiger partial charge in [-0.05, 0) is 31.0 Å². The molecule has 5 heteroatoms. The molecule has 0 spiro atoms. The number of ether oxygens (including phenoxy) is 1. The third kappa shape index (κ3) is 3.11. The van der Waals surface area contributed by atoms with Crippen molar-refractivity contribution < 1.29 is 13.5 Å². The van der Waals surface area contributed by atoms with Gasteiger partial charge in [-0.15, -0.1) is 0 Å². The molecule has 1 aromatic carbocycles. The van der Waals surface area contributed by atoms with Crippen molar-refractivity contribution in [1.82, 2.24) is 10.3 Å². The maximum Gasteiger partial charge on any atom is 0.162 e. The molecule has 0 unspecified atom stereocenters. The first-order chi connectivity index (χ1) is 9.72. The molecule has 3 rings (SSSR count). The van der Waals surface area contributed by atoms with Gasteiger partial charge in [0.25, 0.3) is 0 Å². The molecule has 1 N–H and O–H groups in total. The van der Waals surface area contributed by atoms with Crippen LogP contribution in [0.3, 0.4) is 0 Å². The van der Waals surface area contributed by atoms with Gasteiger partial charge in [0.1, 0.15) is 11.5 Å². The minimum atomic E-state index is -0.927. The summed E-state index contributed by atoms with van der Waals surface area (Å²) in [4.78, 5) is 4.00. The second-order valence-corrected chi connectivity index (χ2v) is 4.82. The zero-order valence-electron chi connectivity index (χ0n) is 10.8. The standard InChI is InChI=1S/C15H14F2N2O/c16-13-4-3-12(7-14(13)17)20-15-9-18-6-5-10(15)8-19-11-1-2-11/h3-7,9,11,19H,1-2,8H2. The van der Waals surface area contributed by atoms with Crippen LogP contribution in [0.15, 0.2) is 36.7 Å². The van der Waals surface area contributed by atoms with Gasteiger partial charge in [-0.25, -0.2) is 8.78 Å². The van der Waals surface area contributed by atoms with Gasteiger partial charge >= 0.3 is 0 Å². The van der Waals surface area contributed by atoms with Crippen molar-refractivity contribution in [2.24, 2.45) is 0 Å². The number of nitrogens with one attached hydrogen (secondary N) is 1. The maximum absolute atomic E-state index is 13.2. The Bertz CT molecular complexity index is 615. The van der Waals surface area contributed by atoms with Crippen molar-refractivity contribution in [3.8, 4) is 11.5 Å². The number of hydrogen-bond acceptors (Lipinski definition) is 3. The monoisotopic (exact) mass is 276 g/mol. The van der Waals surface area contributed by atoms with Gasteiger partial charge in [0.2, 0.25) is 0 Å². The summed E-state index contributed by atoms with van der Waals surface area (Å²) in [5, 5.41) is 3.38. The maximum atomic E-state index is 13.2. The molecule has 0 saturated heterocycles. The highest BCUT2D eigenvalue weighted by atomic mass is 19.2. The predicted molar refractivity (Wildman–Crippen MR) is 70.5 cm³/mol. The van der Waals surface area contributed by atoms with E-state index < -0.39 is 11.6 Å². The van der Waals surface area contributed by atoms with Crippen LogP contribution in [-0.2, 0) is 6.54 Å². The van der Waals surface area contributed by atoms with Crippen LogP contribution in [-0.4, -0.2) is 11.0 Å². The van der Waals surface area contributed by atoms with Crippen LogP contribution >= 0.6 is 0 Å². The van der Waals surface area contributed by atoms with Crippen LogP contribution in [0, 0.1) is 11.6 Å². The van der Waals surface area contributed by atoms with Gasteiger partial charge in [-0.3, -0.25) is 4.98 Å². The second kappa shape index (κ2) is 5.54. The van der Waals surface area contributed by atoms with E-state index >= 15 is 0 Å². The first-order valence-electron chi connectivity index (χ1n) is 6.51. The Balaban J connectivity index is 1.76. The van der Waals surface area contributed by atoms with E-state index in [1.165, 1.54) is 18.9 Å². The zero-order valence-corrected chi connectivity index (χ0v) is 10.8. The molecule has 0 radical (unpaired) electrons. The SMILES string of the molecule is Fc1ccc(Oc2cnccc2CNC2CC2)cc1F. The molecule has 0 atom stereocenters. The number of hydrogen-bond donors (Lipinski definition) is 1. The molecular formula is C15H14F2N2O. The molecule has 1 fully saturated rings. The quantitative estimate of drug-likeness (QED) is 0.908. The number of rotatable bonds is 5. The lowest BCUT2D eigenvalue weighted by molar-refractivity contribution is 0.453. The highest BCUT2D eigenvalue weighted by Crippen LogP contribution is 2.27. The fraction of sp³-hybridized carbons (Fsp3) is 0.267. The molecule has 0 bridgehead atoms. The predicted octanol–water partition coefficient (Wildman–Crippen LogP) is 3.40. The number of nitrogens with zero attached hydrogens (tertiary/aromatic N) is 1. The molecule has 0 aliphatic heterocycles. The van der Waals surface area contributed by atoms with Crippen molar-refractivity contribution in [3.05, 3.63) is 53.9 Å². The molecule has 1 heterocycles. The van der Waals surface area contributed by atoms with Crippen molar-refractivity contribution in [1.29, 1.82) is 0 Å². The Hall–Kier alpha value is -2.01. The van der Waals surface area contributed by atoms with Gasteiger partial charge in [0.05, 0.1) is 6.20 Å². The highest BCUT2D eigenvalue weighted by Gasteiger charge is 2.20. The smallest absolute Gasteiger partial charge is 0.162 e. The van der Waals surface area contributed by atoms with Gasteiger partial charge in [-0.2, -0.15) is 0 Å². The summed E-state index contributed by atoms with van der Waals surface area (Å²) >= 11 is 0. The molecule has 20 heavy (non-hydrogen) atoms. The Morgan fingerprint density at radius 1 is 1.20 bits per heavy atom. The Morgan fingerprint density at radius 2 is 2.05 bits per heavy atom. The van der Waals surface area contributed by atoms with Gasteiger partial charge < -0.3 is 10.1 Å². The van der Waals surface area contributed by atoms with Crippen molar-refractivity contribution in [3.63, 3.8) is 0 Å². The van der Waals surface area contributed by atoms with E-state index in [2.05, 4.69) is 10.3 Å². The third-order valence-electron chi connectivity index (χ3n) is 3.15. The average molecular weight is 276 g/mol. The van der Waals surface area contributed by atoms with E-state index in [4.69, 9.17) is 4.74 Å². The first kappa shape index (κ1) is 13.0. The largest absolute Gasteiger partial charge is 0.455 e. The van der Waals surface area contributed by atoms with Crippen LogP contribution in [0.2, 0.25) is 0 Å². The van der Waals surface area contributed by atoms with E-state index in [-0.39, 0.29) is 5.75 Å². The van der Waals surface area contributed by atoms with E-state index in [0.29, 0.717) is 18.3 Å². The molecular weight excluding hydrogens is 262 g/mol. The fourth-order valence-corrected chi connectivity index (χ4v) is 1.86. The molecule has 1 saturated carbocycles. The Morgan fingerprint density at radius 3 is 2.80 bits per heavy atom. The molecule has 2 aromatic rings. The normalized spacial score (nSPS) is 14.3. The summed E-state index contributed by atoms with van der Waals surface area (Å²) in [6.45, 7) is 0.673. The lowest BCUT2D eigenvalue weighted by Gasteiger charge is -2.11. The molecule has 1 aliphatic carbocycles. The summed E-state index contributed by atoms with van der Waals surface area (Å²) in [5.41, 5.74) is 0.941. The van der Waals surface area contributed by atoms with Crippen LogP contribution in [0.25, 0.3) is 0 Å². The number of aromatic nitrogens is 1. The van der Waals surface area contributed by atoms with E-state index in [1.54, 1.807) is 12.4 Å². The number of halogens is 2. The van der Waals surface area contributed by atoms with E-state index in [9.17, 15) is 8.78 Å². The Labute approximate surface area is 115 Å². The third-order valence-corrected chi connectivity index (χ3v) is 3.15. The van der Waals surface area contributed by atoms with Crippen LogP contribution < -0.4 is 10.1 Å². The molecule has 0 amide bonds. The summed E-state index contributed by atoms with van der Waals surface area (Å²) in [6, 6.07) is 5.90. The first-order valence-corrected chi connectivity index (χ1v) is 6.51. The van der Waals surface area contributed by atoms with Gasteiger partial charge in [0.15, 0.2) is 11.6 Å². The lowest BCUT2D eigenvalue weighted by atomic mass is 10.2. The molecule has 1 aromatic heterocycles. The Kier molecular flexibility index (Phi) is 3.60. The summed E-state index contributed by atoms with van der Waals surface area (Å²) < 4.78 is 31.6. The van der Waals surface area contributed by atoms with Crippen LogP contribution in [0.4, 0.5) is 8.78 Å². The lowest BCUT2D eigenvalue weighted by Crippen LogP contribution is -2.15. The topological polar surface area (TPSA) is 34.1 Å². The average Bonchev–Trinajstić information content (AvgIpc) is 3.26. The van der Waals surface area contributed by atoms with Crippen molar-refractivity contribution >= 4 is 0 Å². The molecule has 1 aliphatic rings. The van der Waals surface area contributed by atoms with E-state index in [1.807, 2.05) is 6.07 Å². The van der Waals surface area contributed by atoms with Crippen molar-refractivity contribution in [2.45, 2.75) is 25.4 Å². The van der Waals surface area contributed by atoms with Crippen LogP contribution in [0.1, 0.15) is 18.4 Å². The number of benzene rings is 1. The number of pyridine rings is 1.